The van der Waals surface area contributed by atoms with Crippen molar-refractivity contribution in [2.24, 2.45) is 0 Å². The minimum absolute atomic E-state index is 0.0945. The molecule has 2 saturated heterocycles. The van der Waals surface area contributed by atoms with Crippen molar-refractivity contribution in [1.29, 1.82) is 0 Å². The number of rotatable bonds is 5. The maximum absolute atomic E-state index is 13.7. The SMILES string of the molecule is Cc1cc(OC(F)(F)F)cc2c1OC(C(F)(F)F)C(C(=O)O[C@H]1CO[C@H]3[C@@H]1OC[C@H]3O[N+](=O)[O-])=C2. The lowest BCUT2D eigenvalue weighted by Crippen LogP contribution is -2.43. The Kier molecular flexibility index (Phi) is 6.21. The minimum Gasteiger partial charge on any atom is -0.475 e. The fraction of sp³-hybridized carbons (Fsp3) is 0.526. The van der Waals surface area contributed by atoms with Crippen molar-refractivity contribution in [2.45, 2.75) is 50.0 Å². The van der Waals surface area contributed by atoms with Gasteiger partial charge in [0.2, 0.25) is 6.10 Å². The van der Waals surface area contributed by atoms with Crippen LogP contribution in [0.4, 0.5) is 26.3 Å². The van der Waals surface area contributed by atoms with Gasteiger partial charge in [-0.15, -0.1) is 23.3 Å². The fourth-order valence-corrected chi connectivity index (χ4v) is 4.00. The van der Waals surface area contributed by atoms with E-state index in [1.54, 1.807) is 0 Å². The van der Waals surface area contributed by atoms with E-state index in [0.717, 1.165) is 12.1 Å². The van der Waals surface area contributed by atoms with Gasteiger partial charge in [-0.1, -0.05) is 0 Å². The van der Waals surface area contributed by atoms with Crippen LogP contribution in [0.3, 0.4) is 0 Å². The molecule has 3 aliphatic heterocycles. The van der Waals surface area contributed by atoms with Gasteiger partial charge in [-0.25, -0.2) is 4.79 Å². The third-order valence-electron chi connectivity index (χ3n) is 5.32. The molecule has 35 heavy (non-hydrogen) atoms. The summed E-state index contributed by atoms with van der Waals surface area (Å²) in [4.78, 5) is 27.7. The maximum Gasteiger partial charge on any atom is 0.573 e. The van der Waals surface area contributed by atoms with Gasteiger partial charge in [0.15, 0.2) is 12.2 Å². The first-order valence-electron chi connectivity index (χ1n) is 9.83. The van der Waals surface area contributed by atoms with Gasteiger partial charge in [0, 0.05) is 5.56 Å². The molecule has 0 saturated carbocycles. The summed E-state index contributed by atoms with van der Waals surface area (Å²) < 4.78 is 103. The predicted molar refractivity (Wildman–Crippen MR) is 97.5 cm³/mol. The number of hydrogen-bond donors (Lipinski definition) is 0. The predicted octanol–water partition coefficient (Wildman–Crippen LogP) is 2.89. The average molecular weight is 515 g/mol. The number of halogens is 6. The van der Waals surface area contributed by atoms with Crippen LogP contribution in [0.15, 0.2) is 17.7 Å². The van der Waals surface area contributed by atoms with Crippen molar-refractivity contribution < 1.29 is 64.7 Å². The van der Waals surface area contributed by atoms with Crippen molar-refractivity contribution in [3.8, 4) is 11.5 Å². The number of alkyl halides is 6. The summed E-state index contributed by atoms with van der Waals surface area (Å²) in [5, 5.41) is 9.49. The minimum atomic E-state index is -5.08. The van der Waals surface area contributed by atoms with Crippen LogP contribution in [0.25, 0.3) is 6.08 Å². The molecule has 2 fully saturated rings. The number of aryl methyl sites for hydroxylation is 1. The molecule has 0 aromatic heterocycles. The Balaban J connectivity index is 1.59. The summed E-state index contributed by atoms with van der Waals surface area (Å²) >= 11 is 0. The molecule has 4 rings (SSSR count). The lowest BCUT2D eigenvalue weighted by Gasteiger charge is -2.30. The van der Waals surface area contributed by atoms with Crippen LogP contribution in [-0.2, 0) is 23.8 Å². The highest BCUT2D eigenvalue weighted by Crippen LogP contribution is 2.42. The monoisotopic (exact) mass is 515 g/mol. The molecular weight excluding hydrogens is 500 g/mol. The zero-order chi connectivity index (χ0) is 25.7. The van der Waals surface area contributed by atoms with E-state index in [1.165, 1.54) is 6.92 Å². The first-order valence-corrected chi connectivity index (χ1v) is 9.83. The van der Waals surface area contributed by atoms with Crippen LogP contribution in [0.2, 0.25) is 0 Å². The Hall–Kier alpha value is -3.27. The topological polar surface area (TPSA) is 116 Å². The molecular formula is C19H15F6NO9. The molecule has 192 valence electrons. The number of hydrogen-bond acceptors (Lipinski definition) is 9. The molecule has 16 heteroatoms. The Morgan fingerprint density at radius 2 is 1.71 bits per heavy atom. The second-order valence-corrected chi connectivity index (χ2v) is 7.75. The first kappa shape index (κ1) is 24.8. The van der Waals surface area contributed by atoms with Gasteiger partial charge in [0.05, 0.1) is 18.8 Å². The normalized spacial score (nSPS) is 27.9. The largest absolute Gasteiger partial charge is 0.573 e. The van der Waals surface area contributed by atoms with Crippen LogP contribution in [-0.4, -0.2) is 67.3 Å². The lowest BCUT2D eigenvalue weighted by molar-refractivity contribution is -0.769. The Morgan fingerprint density at radius 1 is 1.09 bits per heavy atom. The number of esters is 1. The molecule has 0 N–H and O–H groups in total. The van der Waals surface area contributed by atoms with E-state index in [9.17, 15) is 41.3 Å². The highest BCUT2D eigenvalue weighted by atomic mass is 19.4. The quantitative estimate of drug-likeness (QED) is 0.253. The summed E-state index contributed by atoms with van der Waals surface area (Å²) in [5.41, 5.74) is -1.40. The third-order valence-corrected chi connectivity index (χ3v) is 5.32. The van der Waals surface area contributed by atoms with Crippen molar-refractivity contribution in [3.63, 3.8) is 0 Å². The second kappa shape index (κ2) is 8.75. The molecule has 0 aliphatic carbocycles. The van der Waals surface area contributed by atoms with Crippen LogP contribution < -0.4 is 9.47 Å². The van der Waals surface area contributed by atoms with E-state index in [4.69, 9.17) is 18.9 Å². The van der Waals surface area contributed by atoms with Gasteiger partial charge in [-0.05, 0) is 30.7 Å². The number of benzene rings is 1. The molecule has 3 heterocycles. The summed E-state index contributed by atoms with van der Waals surface area (Å²) in [6.45, 7) is 0.586. The van der Waals surface area contributed by atoms with Crippen molar-refractivity contribution in [3.05, 3.63) is 38.9 Å². The van der Waals surface area contributed by atoms with Gasteiger partial charge in [-0.3, -0.25) is 0 Å². The summed E-state index contributed by atoms with van der Waals surface area (Å²) in [7, 11) is 0. The maximum atomic E-state index is 13.7. The summed E-state index contributed by atoms with van der Waals surface area (Å²) in [6.07, 6.45) is -16.6. The number of carbonyl (C=O) groups is 1. The van der Waals surface area contributed by atoms with Crippen molar-refractivity contribution in [2.75, 3.05) is 13.2 Å². The zero-order valence-corrected chi connectivity index (χ0v) is 17.4. The van der Waals surface area contributed by atoms with E-state index in [1.807, 2.05) is 0 Å². The van der Waals surface area contributed by atoms with Crippen LogP contribution in [0.1, 0.15) is 11.1 Å². The van der Waals surface area contributed by atoms with Crippen LogP contribution in [0.5, 0.6) is 11.5 Å². The highest BCUT2D eigenvalue weighted by molar-refractivity contribution is 5.96. The molecule has 1 aromatic rings. The van der Waals surface area contributed by atoms with E-state index in [-0.39, 0.29) is 30.1 Å². The van der Waals surface area contributed by atoms with E-state index < -0.39 is 65.4 Å². The third kappa shape index (κ3) is 5.22. The standard InChI is InChI=1S/C19H15F6NO9/c1-7-2-9(34-19(23,24)25)3-8-4-10(16(18(20,21)22)33-13(7)8)17(27)32-11-5-30-15-12(35-26(28)29)6-31-14(11)15/h2-4,11-12,14-16H,5-6H2,1H3/t11-,12+,14+,15+,16?/m0/s1. The Labute approximate surface area is 191 Å². The zero-order valence-electron chi connectivity index (χ0n) is 17.4. The van der Waals surface area contributed by atoms with Gasteiger partial charge in [0.25, 0.3) is 5.09 Å². The van der Waals surface area contributed by atoms with Gasteiger partial charge in [0.1, 0.15) is 23.7 Å². The second-order valence-electron chi connectivity index (χ2n) is 7.75. The molecule has 0 bridgehead atoms. The molecule has 1 aromatic carbocycles. The van der Waals surface area contributed by atoms with Gasteiger partial charge in [-0.2, -0.15) is 13.2 Å². The molecule has 0 amide bonds. The number of ether oxygens (including phenoxy) is 5. The van der Waals surface area contributed by atoms with E-state index >= 15 is 0 Å². The van der Waals surface area contributed by atoms with Crippen molar-refractivity contribution in [1.82, 2.24) is 0 Å². The number of carbonyl (C=O) groups excluding carboxylic acids is 1. The fourth-order valence-electron chi connectivity index (χ4n) is 4.00. The number of nitrogens with zero attached hydrogens (tertiary/aromatic N) is 1. The Bertz CT molecular complexity index is 1060. The smallest absolute Gasteiger partial charge is 0.475 e. The molecule has 3 aliphatic rings. The molecule has 5 atom stereocenters. The molecule has 0 spiro atoms. The Morgan fingerprint density at radius 3 is 2.31 bits per heavy atom. The van der Waals surface area contributed by atoms with Crippen LogP contribution in [0, 0.1) is 17.0 Å². The summed E-state index contributed by atoms with van der Waals surface area (Å²) in [5.74, 6) is -2.61. The average Bonchev–Trinajstić information content (AvgIpc) is 3.28. The summed E-state index contributed by atoms with van der Waals surface area (Å²) in [6, 6.07) is 1.61. The van der Waals surface area contributed by atoms with Gasteiger partial charge < -0.3 is 28.5 Å². The van der Waals surface area contributed by atoms with Gasteiger partial charge >= 0.3 is 18.5 Å². The lowest BCUT2D eigenvalue weighted by atomic mass is 9.98. The van der Waals surface area contributed by atoms with E-state index in [2.05, 4.69) is 9.57 Å². The number of fused-ring (bicyclic) bond motifs is 2. The molecule has 1 unspecified atom stereocenters. The van der Waals surface area contributed by atoms with Crippen molar-refractivity contribution >= 4 is 12.0 Å². The first-order chi connectivity index (χ1) is 16.2. The molecule has 10 nitrogen and oxygen atoms in total. The highest BCUT2D eigenvalue weighted by Gasteiger charge is 2.53. The molecule has 0 radical (unpaired) electrons. The van der Waals surface area contributed by atoms with E-state index in [0.29, 0.717) is 6.08 Å². The van der Waals surface area contributed by atoms with Crippen LogP contribution >= 0.6 is 0 Å².